The van der Waals surface area contributed by atoms with Crippen molar-refractivity contribution in [2.24, 2.45) is 5.92 Å². The maximum absolute atomic E-state index is 13.4. The number of aliphatic hydroxyl groups is 1. The molecule has 0 aromatic heterocycles. The van der Waals surface area contributed by atoms with E-state index in [2.05, 4.69) is 16.0 Å². The minimum atomic E-state index is -1.66. The number of benzene rings is 1. The van der Waals surface area contributed by atoms with Gasteiger partial charge in [0.25, 0.3) is 11.8 Å². The van der Waals surface area contributed by atoms with Gasteiger partial charge in [-0.3, -0.25) is 9.59 Å². The van der Waals surface area contributed by atoms with Crippen LogP contribution in [0.15, 0.2) is 18.2 Å². The first-order valence-electron chi connectivity index (χ1n) is 12.7. The second-order valence-electron chi connectivity index (χ2n) is 9.91. The number of amides is 3. The summed E-state index contributed by atoms with van der Waals surface area (Å²) in [5.41, 5.74) is 0.0604. The third kappa shape index (κ3) is 8.44. The number of nitrogens with one attached hydrogen (secondary N) is 3. The maximum atomic E-state index is 13.4. The Morgan fingerprint density at radius 2 is 1.70 bits per heavy atom. The van der Waals surface area contributed by atoms with E-state index in [0.29, 0.717) is 5.75 Å². The fraction of sp³-hybridized carbons (Fsp3) is 0.615. The van der Waals surface area contributed by atoms with Crippen LogP contribution in [0.1, 0.15) is 44.5 Å². The topological polar surface area (TPSA) is 191 Å². The zero-order valence-corrected chi connectivity index (χ0v) is 23.6. The Kier molecular flexibility index (Phi) is 12.0. The number of rotatable bonds is 12. The van der Waals surface area contributed by atoms with Crippen LogP contribution < -0.4 is 25.4 Å². The van der Waals surface area contributed by atoms with E-state index in [0.717, 1.165) is 0 Å². The van der Waals surface area contributed by atoms with Crippen molar-refractivity contribution in [3.8, 4) is 11.5 Å². The predicted molar refractivity (Wildman–Crippen MR) is 140 cm³/mol. The van der Waals surface area contributed by atoms with Crippen molar-refractivity contribution >= 4 is 23.9 Å². The van der Waals surface area contributed by atoms with Gasteiger partial charge in [0, 0.05) is 19.2 Å². The van der Waals surface area contributed by atoms with E-state index in [4.69, 9.17) is 23.7 Å². The van der Waals surface area contributed by atoms with Gasteiger partial charge in [-0.1, -0.05) is 13.8 Å². The minimum absolute atomic E-state index is 0.0604. The molecule has 40 heavy (non-hydrogen) atoms. The zero-order valence-electron chi connectivity index (χ0n) is 23.6. The molecule has 1 aliphatic rings. The molecule has 0 saturated carbocycles. The molecule has 6 atom stereocenters. The Morgan fingerprint density at radius 3 is 2.23 bits per heavy atom. The summed E-state index contributed by atoms with van der Waals surface area (Å²) in [6.07, 6.45) is -7.15. The molecular weight excluding hydrogens is 530 g/mol. The van der Waals surface area contributed by atoms with E-state index >= 15 is 0 Å². The SMILES string of the molecule is COc1ccc(C(=O)N[C@@H]2[C@@H](O)[C@H](OC)O[C@H](C(=O)NC(CC(C)C)C(=O)O)[C@H]2OC(=O)NC(C)C)c(OC)c1. The summed E-state index contributed by atoms with van der Waals surface area (Å²) < 4.78 is 26.8. The van der Waals surface area contributed by atoms with Crippen molar-refractivity contribution in [2.75, 3.05) is 21.3 Å². The predicted octanol–water partition coefficient (Wildman–Crippen LogP) is 0.653. The van der Waals surface area contributed by atoms with Gasteiger partial charge in [-0.2, -0.15) is 0 Å². The van der Waals surface area contributed by atoms with Crippen LogP contribution in [0.5, 0.6) is 11.5 Å². The fourth-order valence-corrected chi connectivity index (χ4v) is 4.12. The molecule has 1 aliphatic heterocycles. The standard InChI is InChI=1S/C26H39N3O11/c1-12(2)10-16(24(33)34)28-23(32)21-20(40-26(35)27-13(3)4)18(19(30)25(38-7)39-21)29-22(31)15-9-8-14(36-5)11-17(15)37-6/h8-9,11-13,16,18-21,25,30H,10H2,1-7H3,(H,27,35)(H,28,32)(H,29,31)(H,33,34)/t16?,18-,19-,20+,21+,25-/m1/s1. The minimum Gasteiger partial charge on any atom is -0.497 e. The highest BCUT2D eigenvalue weighted by Gasteiger charge is 2.52. The normalized spacial score (nSPS) is 23.2. The molecule has 0 radical (unpaired) electrons. The van der Waals surface area contributed by atoms with E-state index in [-0.39, 0.29) is 29.7 Å². The molecule has 5 N–H and O–H groups in total. The molecule has 1 aromatic rings. The molecule has 1 heterocycles. The number of carbonyl (C=O) groups is 4. The van der Waals surface area contributed by atoms with Gasteiger partial charge in [0.1, 0.15) is 29.7 Å². The molecular formula is C26H39N3O11. The summed E-state index contributed by atoms with van der Waals surface area (Å²) in [6, 6.07) is 1.39. The van der Waals surface area contributed by atoms with Crippen molar-refractivity contribution in [2.45, 2.75) is 76.8 Å². The van der Waals surface area contributed by atoms with Crippen molar-refractivity contribution in [1.29, 1.82) is 0 Å². The lowest BCUT2D eigenvalue weighted by molar-refractivity contribution is -0.259. The number of aliphatic hydroxyl groups excluding tert-OH is 1. The average Bonchev–Trinajstić information content (AvgIpc) is 2.88. The lowest BCUT2D eigenvalue weighted by atomic mass is 9.94. The van der Waals surface area contributed by atoms with Crippen LogP contribution in [-0.2, 0) is 23.8 Å². The summed E-state index contributed by atoms with van der Waals surface area (Å²) in [7, 11) is 4.01. The second kappa shape index (κ2) is 14.7. The lowest BCUT2D eigenvalue weighted by Gasteiger charge is -2.43. The van der Waals surface area contributed by atoms with Crippen LogP contribution in [0.4, 0.5) is 4.79 Å². The van der Waals surface area contributed by atoms with Crippen LogP contribution in [0.25, 0.3) is 0 Å². The molecule has 14 nitrogen and oxygen atoms in total. The highest BCUT2D eigenvalue weighted by molar-refractivity contribution is 5.97. The van der Waals surface area contributed by atoms with Crippen LogP contribution in [0, 0.1) is 5.92 Å². The summed E-state index contributed by atoms with van der Waals surface area (Å²) in [4.78, 5) is 51.1. The van der Waals surface area contributed by atoms with Crippen molar-refractivity contribution in [3.05, 3.63) is 23.8 Å². The Bertz CT molecular complexity index is 1050. The summed E-state index contributed by atoms with van der Waals surface area (Å²) in [5, 5.41) is 28.1. The monoisotopic (exact) mass is 569 g/mol. The van der Waals surface area contributed by atoms with Gasteiger partial charge in [0.05, 0.1) is 19.8 Å². The average molecular weight is 570 g/mol. The largest absolute Gasteiger partial charge is 0.497 e. The van der Waals surface area contributed by atoms with E-state index in [9.17, 15) is 29.4 Å². The lowest BCUT2D eigenvalue weighted by Crippen LogP contribution is -2.68. The van der Waals surface area contributed by atoms with E-state index < -0.39 is 60.6 Å². The molecule has 0 spiro atoms. The van der Waals surface area contributed by atoms with Crippen LogP contribution in [-0.4, -0.2) is 98.1 Å². The van der Waals surface area contributed by atoms with Gasteiger partial charge in [-0.05, 0) is 38.3 Å². The number of carbonyl (C=O) groups excluding carboxylic acids is 3. The highest BCUT2D eigenvalue weighted by atomic mass is 16.7. The first kappa shape index (κ1) is 32.6. The maximum Gasteiger partial charge on any atom is 0.407 e. The molecule has 224 valence electrons. The first-order valence-corrected chi connectivity index (χ1v) is 12.7. The smallest absolute Gasteiger partial charge is 0.407 e. The number of alkyl carbamates (subject to hydrolysis) is 1. The summed E-state index contributed by atoms with van der Waals surface area (Å²) in [6.45, 7) is 6.93. The third-order valence-electron chi connectivity index (χ3n) is 5.99. The number of hydrogen-bond acceptors (Lipinski definition) is 10. The Hall–Kier alpha value is -3.62. The Labute approximate surface area is 232 Å². The number of aliphatic carboxylic acids is 1. The van der Waals surface area contributed by atoms with Gasteiger partial charge >= 0.3 is 12.1 Å². The molecule has 0 bridgehead atoms. The molecule has 1 unspecified atom stereocenters. The van der Waals surface area contributed by atoms with Crippen LogP contribution in [0.2, 0.25) is 0 Å². The van der Waals surface area contributed by atoms with Gasteiger partial charge in [0.2, 0.25) is 0 Å². The number of carboxylic acid groups (broad SMARTS) is 1. The molecule has 3 amide bonds. The fourth-order valence-electron chi connectivity index (χ4n) is 4.12. The van der Waals surface area contributed by atoms with Gasteiger partial charge in [-0.25, -0.2) is 9.59 Å². The number of hydrogen-bond donors (Lipinski definition) is 5. The third-order valence-corrected chi connectivity index (χ3v) is 5.99. The van der Waals surface area contributed by atoms with Crippen LogP contribution in [0.3, 0.4) is 0 Å². The molecule has 1 saturated heterocycles. The molecule has 0 aliphatic carbocycles. The van der Waals surface area contributed by atoms with Crippen molar-refractivity contribution in [1.82, 2.24) is 16.0 Å². The molecule has 1 aromatic carbocycles. The van der Waals surface area contributed by atoms with Gasteiger partial charge < -0.3 is 49.8 Å². The van der Waals surface area contributed by atoms with E-state index in [1.807, 2.05) is 0 Å². The van der Waals surface area contributed by atoms with E-state index in [1.54, 1.807) is 27.7 Å². The van der Waals surface area contributed by atoms with Crippen LogP contribution >= 0.6 is 0 Å². The van der Waals surface area contributed by atoms with Gasteiger partial charge in [-0.15, -0.1) is 0 Å². The molecule has 2 rings (SSSR count). The Balaban J connectivity index is 2.48. The first-order chi connectivity index (χ1) is 18.8. The van der Waals surface area contributed by atoms with Gasteiger partial charge in [0.15, 0.2) is 18.5 Å². The zero-order chi connectivity index (χ0) is 30.1. The molecule has 14 heteroatoms. The summed E-state index contributed by atoms with van der Waals surface area (Å²) in [5.74, 6) is -2.43. The van der Waals surface area contributed by atoms with Crippen molar-refractivity contribution < 1.29 is 53.1 Å². The second-order valence-corrected chi connectivity index (χ2v) is 9.91. The number of methoxy groups -OCH3 is 3. The molecule has 1 fully saturated rings. The highest BCUT2D eigenvalue weighted by Crippen LogP contribution is 2.28. The number of ether oxygens (including phenoxy) is 5. The Morgan fingerprint density at radius 1 is 1.02 bits per heavy atom. The number of carboxylic acids is 1. The quantitative estimate of drug-likeness (QED) is 0.237. The van der Waals surface area contributed by atoms with E-state index in [1.165, 1.54) is 39.5 Å². The van der Waals surface area contributed by atoms with Crippen molar-refractivity contribution in [3.63, 3.8) is 0 Å². The summed E-state index contributed by atoms with van der Waals surface area (Å²) >= 11 is 0.